The molecule has 0 fully saturated rings. The number of carbonyl (C=O) groups excluding carboxylic acids is 1. The van der Waals surface area contributed by atoms with Gasteiger partial charge >= 0.3 is 0 Å². The third kappa shape index (κ3) is 5.12. The number of carbonyl (C=O) groups is 1. The Morgan fingerprint density at radius 3 is 2.52 bits per heavy atom. The highest BCUT2D eigenvalue weighted by atomic mass is 35.5. The number of benzene rings is 1. The number of hydrogen-bond donors (Lipinski definition) is 2. The highest BCUT2D eigenvalue weighted by molar-refractivity contribution is 7.17. The van der Waals surface area contributed by atoms with Crippen LogP contribution in [0.4, 0.5) is 4.39 Å². The number of rotatable bonds is 6. The summed E-state index contributed by atoms with van der Waals surface area (Å²) in [4.78, 5) is 13.5. The summed E-state index contributed by atoms with van der Waals surface area (Å²) in [5, 5.41) is 6.00. The summed E-state index contributed by atoms with van der Waals surface area (Å²) in [6.07, 6.45) is 0. The lowest BCUT2D eigenvalue weighted by Crippen LogP contribution is -2.31. The Labute approximate surface area is 134 Å². The fourth-order valence-electron chi connectivity index (χ4n) is 1.76. The molecule has 2 aromatic rings. The van der Waals surface area contributed by atoms with Gasteiger partial charge in [-0.05, 0) is 36.4 Å². The molecule has 6 heteroatoms. The van der Waals surface area contributed by atoms with Crippen molar-refractivity contribution >= 4 is 29.7 Å². The molecule has 0 radical (unpaired) electrons. The van der Waals surface area contributed by atoms with Crippen LogP contribution in [-0.4, -0.2) is 25.5 Å². The normalized spacial score (nSPS) is 10.0. The van der Waals surface area contributed by atoms with Crippen molar-refractivity contribution in [2.75, 3.05) is 19.6 Å². The third-order valence-corrected chi connectivity index (χ3v) is 3.93. The van der Waals surface area contributed by atoms with Crippen molar-refractivity contribution in [3.8, 4) is 10.4 Å². The molecule has 3 nitrogen and oxygen atoms in total. The zero-order valence-electron chi connectivity index (χ0n) is 11.7. The van der Waals surface area contributed by atoms with Crippen molar-refractivity contribution < 1.29 is 9.18 Å². The van der Waals surface area contributed by atoms with Crippen LogP contribution in [0.2, 0.25) is 0 Å². The summed E-state index contributed by atoms with van der Waals surface area (Å²) in [5.74, 6) is -0.326. The highest BCUT2D eigenvalue weighted by Crippen LogP contribution is 2.28. The fourth-order valence-corrected chi connectivity index (χ4v) is 2.69. The van der Waals surface area contributed by atoms with Gasteiger partial charge in [0.2, 0.25) is 0 Å². The second-order valence-corrected chi connectivity index (χ2v) is 5.36. The maximum atomic E-state index is 12.9. The van der Waals surface area contributed by atoms with E-state index >= 15 is 0 Å². The van der Waals surface area contributed by atoms with Crippen LogP contribution in [0.3, 0.4) is 0 Å². The van der Waals surface area contributed by atoms with E-state index in [4.69, 9.17) is 0 Å². The Morgan fingerprint density at radius 2 is 1.86 bits per heavy atom. The lowest BCUT2D eigenvalue weighted by Gasteiger charge is -2.03. The molecule has 1 heterocycles. The molecule has 0 unspecified atom stereocenters. The quantitative estimate of drug-likeness (QED) is 0.799. The van der Waals surface area contributed by atoms with E-state index in [-0.39, 0.29) is 24.1 Å². The Hall–Kier alpha value is -1.43. The maximum absolute atomic E-state index is 12.9. The fraction of sp³-hybridized carbons (Fsp3) is 0.267. The van der Waals surface area contributed by atoms with Crippen LogP contribution in [0.1, 0.15) is 16.6 Å². The number of hydrogen-bond acceptors (Lipinski definition) is 3. The lowest BCUT2D eigenvalue weighted by molar-refractivity contribution is 0.0958. The second kappa shape index (κ2) is 8.77. The van der Waals surface area contributed by atoms with Gasteiger partial charge in [-0.15, -0.1) is 23.7 Å². The van der Waals surface area contributed by atoms with Crippen LogP contribution in [0.15, 0.2) is 36.4 Å². The van der Waals surface area contributed by atoms with Crippen LogP contribution < -0.4 is 10.6 Å². The summed E-state index contributed by atoms with van der Waals surface area (Å²) in [7, 11) is 0. The molecule has 1 aromatic heterocycles. The molecule has 0 spiro atoms. The Balaban J connectivity index is 0.00000220. The molecule has 0 aliphatic heterocycles. The summed E-state index contributed by atoms with van der Waals surface area (Å²) >= 11 is 1.41. The van der Waals surface area contributed by atoms with Gasteiger partial charge in [0.25, 0.3) is 5.91 Å². The predicted molar refractivity (Wildman–Crippen MR) is 87.8 cm³/mol. The van der Waals surface area contributed by atoms with Crippen LogP contribution in [0, 0.1) is 5.82 Å². The first-order chi connectivity index (χ1) is 9.70. The minimum atomic E-state index is -0.258. The average Bonchev–Trinajstić information content (AvgIpc) is 2.94. The van der Waals surface area contributed by atoms with Crippen LogP contribution in [-0.2, 0) is 0 Å². The smallest absolute Gasteiger partial charge is 0.261 e. The summed E-state index contributed by atoms with van der Waals surface area (Å²) < 4.78 is 12.9. The molecule has 2 N–H and O–H groups in total. The molecule has 0 saturated heterocycles. The van der Waals surface area contributed by atoms with Crippen LogP contribution in [0.5, 0.6) is 0 Å². The van der Waals surface area contributed by atoms with Crippen molar-refractivity contribution in [2.24, 2.45) is 0 Å². The highest BCUT2D eigenvalue weighted by Gasteiger charge is 2.09. The zero-order valence-corrected chi connectivity index (χ0v) is 13.3. The van der Waals surface area contributed by atoms with E-state index in [1.165, 1.54) is 23.5 Å². The third-order valence-electron chi connectivity index (χ3n) is 2.80. The molecule has 0 bridgehead atoms. The molecule has 0 saturated carbocycles. The number of nitrogens with one attached hydrogen (secondary N) is 2. The molecule has 1 amide bonds. The topological polar surface area (TPSA) is 41.1 Å². The standard InChI is InChI=1S/C15H17FN2OS.ClH/c1-2-17-9-10-18-15(19)14-8-7-13(20-14)11-3-5-12(16)6-4-11;/h3-8,17H,2,9-10H2,1H3,(H,18,19);1H. The van der Waals surface area contributed by atoms with Gasteiger partial charge in [0.1, 0.15) is 5.82 Å². The largest absolute Gasteiger partial charge is 0.350 e. The number of likely N-dealkylation sites (N-methyl/N-ethyl adjacent to an activating group) is 1. The van der Waals surface area contributed by atoms with Crippen molar-refractivity contribution in [3.63, 3.8) is 0 Å². The van der Waals surface area contributed by atoms with E-state index < -0.39 is 0 Å². The molecule has 1 aromatic carbocycles. The molecule has 114 valence electrons. The van der Waals surface area contributed by atoms with E-state index in [0.29, 0.717) is 11.4 Å². The first kappa shape index (κ1) is 17.6. The second-order valence-electron chi connectivity index (χ2n) is 4.28. The molecular formula is C15H18ClFN2OS. The minimum Gasteiger partial charge on any atom is -0.350 e. The predicted octanol–water partition coefficient (Wildman–Crippen LogP) is 3.32. The van der Waals surface area contributed by atoms with Crippen LogP contribution in [0.25, 0.3) is 10.4 Å². The Bertz CT molecular complexity index is 571. The summed E-state index contributed by atoms with van der Waals surface area (Å²) in [6, 6.07) is 9.96. The van der Waals surface area contributed by atoms with Gasteiger partial charge in [0.05, 0.1) is 4.88 Å². The maximum Gasteiger partial charge on any atom is 0.261 e. The first-order valence-electron chi connectivity index (χ1n) is 6.55. The van der Waals surface area contributed by atoms with Crippen molar-refractivity contribution in [3.05, 3.63) is 47.1 Å². The molecule has 21 heavy (non-hydrogen) atoms. The molecule has 0 aliphatic carbocycles. The number of halogens is 2. The van der Waals surface area contributed by atoms with Crippen molar-refractivity contribution in [2.45, 2.75) is 6.92 Å². The van der Waals surface area contributed by atoms with E-state index in [1.807, 2.05) is 13.0 Å². The van der Waals surface area contributed by atoms with Gasteiger partial charge in [0.15, 0.2) is 0 Å². The van der Waals surface area contributed by atoms with Gasteiger partial charge in [0, 0.05) is 18.0 Å². The van der Waals surface area contributed by atoms with E-state index in [0.717, 1.165) is 23.5 Å². The summed E-state index contributed by atoms with van der Waals surface area (Å²) in [6.45, 7) is 4.29. The zero-order chi connectivity index (χ0) is 14.4. The van der Waals surface area contributed by atoms with Gasteiger partial charge < -0.3 is 10.6 Å². The van der Waals surface area contributed by atoms with E-state index in [1.54, 1.807) is 18.2 Å². The number of thiophene rings is 1. The van der Waals surface area contributed by atoms with Crippen molar-refractivity contribution in [1.82, 2.24) is 10.6 Å². The van der Waals surface area contributed by atoms with E-state index in [9.17, 15) is 9.18 Å². The summed E-state index contributed by atoms with van der Waals surface area (Å²) in [5.41, 5.74) is 0.920. The van der Waals surface area contributed by atoms with Gasteiger partial charge in [-0.2, -0.15) is 0 Å². The average molecular weight is 329 g/mol. The Kier molecular flexibility index (Phi) is 7.36. The Morgan fingerprint density at radius 1 is 1.14 bits per heavy atom. The van der Waals surface area contributed by atoms with E-state index in [2.05, 4.69) is 10.6 Å². The van der Waals surface area contributed by atoms with Crippen molar-refractivity contribution in [1.29, 1.82) is 0 Å². The SMILES string of the molecule is CCNCCNC(=O)c1ccc(-c2ccc(F)cc2)s1.Cl. The molecule has 0 atom stereocenters. The molecule has 0 aliphatic rings. The van der Waals surface area contributed by atoms with Gasteiger partial charge in [-0.25, -0.2) is 4.39 Å². The van der Waals surface area contributed by atoms with Gasteiger partial charge in [-0.3, -0.25) is 4.79 Å². The minimum absolute atomic E-state index is 0. The monoisotopic (exact) mass is 328 g/mol. The van der Waals surface area contributed by atoms with Gasteiger partial charge in [-0.1, -0.05) is 19.1 Å². The first-order valence-corrected chi connectivity index (χ1v) is 7.37. The lowest BCUT2D eigenvalue weighted by atomic mass is 10.2. The molecule has 2 rings (SSSR count). The molecular weight excluding hydrogens is 311 g/mol. The van der Waals surface area contributed by atoms with Crippen LogP contribution >= 0.6 is 23.7 Å². The number of amides is 1.